The Kier molecular flexibility index (Phi) is 4.37. The molecule has 0 saturated heterocycles. The van der Waals surface area contributed by atoms with Crippen LogP contribution in [0.25, 0.3) is 0 Å². The highest BCUT2D eigenvalue weighted by atomic mass is 19.1. The molecule has 6 unspecified atom stereocenters. The molecule has 0 N–H and O–H groups in total. The van der Waals surface area contributed by atoms with E-state index in [-0.39, 0.29) is 17.3 Å². The molecule has 0 amide bonds. The molecule has 4 nitrogen and oxygen atoms in total. The van der Waals surface area contributed by atoms with Crippen molar-refractivity contribution in [3.8, 4) is 5.75 Å². The number of methoxy groups -OCH3 is 1. The van der Waals surface area contributed by atoms with Crippen LogP contribution in [0, 0.1) is 52.7 Å². The number of rotatable bonds is 7. The third-order valence-electron chi connectivity index (χ3n) is 10.3. The van der Waals surface area contributed by atoms with Gasteiger partial charge in [-0.25, -0.2) is 4.39 Å². The maximum absolute atomic E-state index is 15.3. The number of ether oxygens (including phenoxy) is 2. The number of Topliss-reactive ketones (excluding diaryl/α,β-unsaturated/α-hetero) is 1. The lowest BCUT2D eigenvalue weighted by Gasteiger charge is -2.46. The highest BCUT2D eigenvalue weighted by Crippen LogP contribution is 2.79. The first-order valence-electron chi connectivity index (χ1n) is 13.1. The number of ketones is 1. The molecule has 176 valence electrons. The number of esters is 1. The summed E-state index contributed by atoms with van der Waals surface area (Å²) in [6, 6.07) is 3.23. The fraction of sp³-hybridized carbons (Fsp3) is 0.714. The van der Waals surface area contributed by atoms with E-state index in [2.05, 4.69) is 0 Å². The summed E-state index contributed by atoms with van der Waals surface area (Å²) in [4.78, 5) is 25.5. The van der Waals surface area contributed by atoms with Crippen LogP contribution in [0.5, 0.6) is 5.75 Å². The lowest BCUT2D eigenvalue weighted by molar-refractivity contribution is -0.146. The van der Waals surface area contributed by atoms with Gasteiger partial charge in [0.15, 0.2) is 5.78 Å². The Bertz CT molecular complexity index is 1030. The van der Waals surface area contributed by atoms with Crippen LogP contribution >= 0.6 is 0 Å². The molecule has 7 aliphatic carbocycles. The first-order chi connectivity index (χ1) is 16.0. The van der Waals surface area contributed by atoms with Gasteiger partial charge in [-0.1, -0.05) is 6.42 Å². The van der Waals surface area contributed by atoms with Crippen molar-refractivity contribution in [2.75, 3.05) is 13.7 Å². The predicted octanol–water partition coefficient (Wildman–Crippen LogP) is 5.54. The fourth-order valence-electron chi connectivity index (χ4n) is 9.06. The van der Waals surface area contributed by atoms with E-state index in [9.17, 15) is 9.59 Å². The average Bonchev–Trinajstić information content (AvgIpc) is 3.71. The second-order valence-electron chi connectivity index (χ2n) is 12.1. The third-order valence-corrected chi connectivity index (χ3v) is 10.3. The van der Waals surface area contributed by atoms with Crippen molar-refractivity contribution in [1.29, 1.82) is 0 Å². The fourth-order valence-corrected chi connectivity index (χ4v) is 9.06. The maximum Gasteiger partial charge on any atom is 0.309 e. The van der Waals surface area contributed by atoms with E-state index >= 15 is 4.39 Å². The number of carbonyl (C=O) groups is 2. The molecule has 4 bridgehead atoms. The second-order valence-corrected chi connectivity index (χ2v) is 12.1. The van der Waals surface area contributed by atoms with Crippen molar-refractivity contribution in [2.24, 2.45) is 46.8 Å². The van der Waals surface area contributed by atoms with Crippen molar-refractivity contribution in [2.45, 2.75) is 63.7 Å². The molecule has 0 spiro atoms. The Balaban J connectivity index is 1.14. The molecule has 7 saturated carbocycles. The summed E-state index contributed by atoms with van der Waals surface area (Å²) in [5.41, 5.74) is 1.43. The van der Waals surface area contributed by atoms with E-state index in [4.69, 9.17) is 9.47 Å². The van der Waals surface area contributed by atoms with Gasteiger partial charge in [0.1, 0.15) is 11.6 Å². The van der Waals surface area contributed by atoms with Crippen LogP contribution in [0.4, 0.5) is 4.39 Å². The Labute approximate surface area is 194 Å². The van der Waals surface area contributed by atoms with E-state index in [0.29, 0.717) is 36.5 Å². The molecule has 7 fully saturated rings. The van der Waals surface area contributed by atoms with Gasteiger partial charge in [-0.05, 0) is 98.5 Å². The zero-order chi connectivity index (χ0) is 22.5. The standard InChI is InChI=1S/C28H33FO4/c1-32-27(31)18-4-2-3-17(18)26(30)20-9-19(15-5-6-15)23(10-22(20)29)33-13-28-11-14-7-16(12-28)24-21(8-14)25(24)28/h9-10,14-18,21,24-25H,2-8,11-13H2,1H3/t14?,16?,17-,18-,21?,24?,25?,28?/m1/s1. The van der Waals surface area contributed by atoms with Crippen LogP contribution in [-0.4, -0.2) is 25.5 Å². The highest BCUT2D eigenvalue weighted by molar-refractivity contribution is 6.01. The van der Waals surface area contributed by atoms with Crippen LogP contribution < -0.4 is 4.74 Å². The van der Waals surface area contributed by atoms with Crippen molar-refractivity contribution >= 4 is 11.8 Å². The van der Waals surface area contributed by atoms with Crippen LogP contribution in [0.3, 0.4) is 0 Å². The van der Waals surface area contributed by atoms with Gasteiger partial charge in [-0.3, -0.25) is 9.59 Å². The Morgan fingerprint density at radius 1 is 1.09 bits per heavy atom. The van der Waals surface area contributed by atoms with Crippen LogP contribution in [0.15, 0.2) is 12.1 Å². The molecule has 0 aromatic heterocycles. The Hall–Kier alpha value is -1.91. The van der Waals surface area contributed by atoms with Gasteiger partial charge in [0.2, 0.25) is 0 Å². The third kappa shape index (κ3) is 2.99. The molecule has 8 rings (SSSR count). The van der Waals surface area contributed by atoms with Crippen LogP contribution in [0.1, 0.15) is 79.6 Å². The van der Waals surface area contributed by atoms with Gasteiger partial charge in [-0.15, -0.1) is 0 Å². The number of hydrogen-bond donors (Lipinski definition) is 0. The second kappa shape index (κ2) is 7.05. The van der Waals surface area contributed by atoms with Crippen LogP contribution in [0.2, 0.25) is 0 Å². The quantitative estimate of drug-likeness (QED) is 0.403. The first-order valence-corrected chi connectivity index (χ1v) is 13.1. The van der Waals surface area contributed by atoms with E-state index in [0.717, 1.165) is 54.4 Å². The van der Waals surface area contributed by atoms with Gasteiger partial charge in [0, 0.05) is 17.4 Å². The first kappa shape index (κ1) is 20.5. The molecule has 1 aromatic rings. The zero-order valence-corrected chi connectivity index (χ0v) is 19.4. The van der Waals surface area contributed by atoms with E-state index in [1.165, 1.54) is 38.9 Å². The monoisotopic (exact) mass is 452 g/mol. The van der Waals surface area contributed by atoms with Crippen molar-refractivity contribution in [3.05, 3.63) is 29.1 Å². The summed E-state index contributed by atoms with van der Waals surface area (Å²) in [6.45, 7) is 0.706. The van der Waals surface area contributed by atoms with Crippen LogP contribution in [-0.2, 0) is 9.53 Å². The molecular weight excluding hydrogens is 419 g/mol. The highest BCUT2D eigenvalue weighted by Gasteiger charge is 2.74. The van der Waals surface area contributed by atoms with Gasteiger partial charge < -0.3 is 9.47 Å². The lowest BCUT2D eigenvalue weighted by atomic mass is 9.60. The topological polar surface area (TPSA) is 52.6 Å². The minimum Gasteiger partial charge on any atom is -0.493 e. The molecule has 1 aromatic carbocycles. The van der Waals surface area contributed by atoms with E-state index < -0.39 is 17.7 Å². The number of hydrogen-bond acceptors (Lipinski definition) is 4. The summed E-state index contributed by atoms with van der Waals surface area (Å²) in [6.07, 6.45) is 9.60. The maximum atomic E-state index is 15.3. The van der Waals surface area contributed by atoms with Crippen molar-refractivity contribution < 1.29 is 23.5 Å². The lowest BCUT2D eigenvalue weighted by Crippen LogP contribution is -2.41. The van der Waals surface area contributed by atoms with Crippen molar-refractivity contribution in [3.63, 3.8) is 0 Å². The minimum absolute atomic E-state index is 0.130. The Morgan fingerprint density at radius 2 is 1.91 bits per heavy atom. The SMILES string of the molecule is COC(=O)[C@@H]1CCC[C@H]1C(=O)c1cc(C2CC2)c(OCC23CC4CC(C2)C2C(C4)C23)cc1F. The number of benzene rings is 1. The smallest absolute Gasteiger partial charge is 0.309 e. The van der Waals surface area contributed by atoms with Gasteiger partial charge in [-0.2, -0.15) is 0 Å². The van der Waals surface area contributed by atoms with Crippen molar-refractivity contribution in [1.82, 2.24) is 0 Å². The summed E-state index contributed by atoms with van der Waals surface area (Å²) < 4.78 is 26.7. The summed E-state index contributed by atoms with van der Waals surface area (Å²) in [5, 5.41) is 0. The molecule has 0 aliphatic heterocycles. The Morgan fingerprint density at radius 3 is 2.67 bits per heavy atom. The summed E-state index contributed by atoms with van der Waals surface area (Å²) in [7, 11) is 1.35. The normalized spacial score (nSPS) is 41.8. The molecule has 5 heteroatoms. The summed E-state index contributed by atoms with van der Waals surface area (Å²) in [5.74, 6) is 3.46. The van der Waals surface area contributed by atoms with E-state index in [1.54, 1.807) is 6.07 Å². The molecule has 0 radical (unpaired) electrons. The number of halogens is 1. The van der Waals surface area contributed by atoms with Gasteiger partial charge >= 0.3 is 5.97 Å². The molecule has 8 atom stereocenters. The molecule has 0 heterocycles. The zero-order valence-electron chi connectivity index (χ0n) is 19.4. The van der Waals surface area contributed by atoms with Gasteiger partial charge in [0.25, 0.3) is 0 Å². The summed E-state index contributed by atoms with van der Waals surface area (Å²) >= 11 is 0. The predicted molar refractivity (Wildman–Crippen MR) is 119 cm³/mol. The molecular formula is C28H33FO4. The van der Waals surface area contributed by atoms with Gasteiger partial charge in [0.05, 0.1) is 25.2 Å². The number of carbonyl (C=O) groups excluding carboxylic acids is 2. The minimum atomic E-state index is -0.507. The molecule has 7 aliphatic rings. The van der Waals surface area contributed by atoms with E-state index in [1.807, 2.05) is 0 Å². The molecule has 33 heavy (non-hydrogen) atoms. The average molecular weight is 453 g/mol. The largest absolute Gasteiger partial charge is 0.493 e.